The van der Waals surface area contributed by atoms with Gasteiger partial charge in [-0.15, -0.1) is 10.2 Å². The summed E-state index contributed by atoms with van der Waals surface area (Å²) < 4.78 is 7.06. The summed E-state index contributed by atoms with van der Waals surface area (Å²) in [6.45, 7) is 2.80. The number of pyridine rings is 1. The van der Waals surface area contributed by atoms with Crippen molar-refractivity contribution >= 4 is 29.1 Å². The Labute approximate surface area is 168 Å². The summed E-state index contributed by atoms with van der Waals surface area (Å²) >= 11 is 6.10. The molecule has 7 nitrogen and oxygen atoms in total. The lowest BCUT2D eigenvalue weighted by molar-refractivity contribution is -0.131. The largest absolute Gasteiger partial charge is 0.497 e. The molecule has 0 bridgehead atoms. The lowest BCUT2D eigenvalue weighted by Crippen LogP contribution is -2.49. The second-order valence-corrected chi connectivity index (χ2v) is 7.23. The number of fused-ring (bicyclic) bond motifs is 1. The van der Waals surface area contributed by atoms with Gasteiger partial charge < -0.3 is 14.5 Å². The SMILES string of the molecule is COc1ccc(CCC(=O)N2CCN(c3nnc4ccc(Cl)cn34)CC2)cc1. The maximum absolute atomic E-state index is 12.6. The van der Waals surface area contributed by atoms with Crippen LogP contribution in [0.2, 0.25) is 5.02 Å². The Balaban J connectivity index is 1.32. The lowest BCUT2D eigenvalue weighted by Gasteiger charge is -2.34. The summed E-state index contributed by atoms with van der Waals surface area (Å²) in [6.07, 6.45) is 3.06. The molecule has 2 aromatic heterocycles. The molecule has 1 aliphatic rings. The maximum atomic E-state index is 12.6. The zero-order valence-corrected chi connectivity index (χ0v) is 16.5. The third-order valence-corrected chi connectivity index (χ3v) is 5.27. The summed E-state index contributed by atoms with van der Waals surface area (Å²) in [5.41, 5.74) is 1.90. The highest BCUT2D eigenvalue weighted by Crippen LogP contribution is 2.19. The predicted octanol–water partition coefficient (Wildman–Crippen LogP) is 2.67. The molecule has 0 saturated carbocycles. The van der Waals surface area contributed by atoms with Crippen molar-refractivity contribution in [2.45, 2.75) is 12.8 Å². The smallest absolute Gasteiger partial charge is 0.231 e. The summed E-state index contributed by atoms with van der Waals surface area (Å²) in [5, 5.41) is 9.11. The van der Waals surface area contributed by atoms with Gasteiger partial charge in [-0.25, -0.2) is 0 Å². The van der Waals surface area contributed by atoms with E-state index in [0.29, 0.717) is 24.5 Å². The first-order valence-corrected chi connectivity index (χ1v) is 9.68. The van der Waals surface area contributed by atoms with E-state index in [1.165, 1.54) is 0 Å². The molecular weight excluding hydrogens is 378 g/mol. The number of amides is 1. The van der Waals surface area contributed by atoms with Gasteiger partial charge in [0.05, 0.1) is 12.1 Å². The third kappa shape index (κ3) is 3.89. The molecule has 3 heterocycles. The second-order valence-electron chi connectivity index (χ2n) is 6.79. The average molecular weight is 400 g/mol. The highest BCUT2D eigenvalue weighted by molar-refractivity contribution is 6.30. The van der Waals surface area contributed by atoms with Crippen molar-refractivity contribution in [3.63, 3.8) is 0 Å². The predicted molar refractivity (Wildman–Crippen MR) is 108 cm³/mol. The standard InChI is InChI=1S/C20H22ClN5O2/c1-28-17-6-2-15(3-7-17)4-9-19(27)24-10-12-25(13-11-24)20-23-22-18-8-5-16(21)14-26(18)20/h2-3,5-8,14H,4,9-13H2,1H3. The van der Waals surface area contributed by atoms with E-state index >= 15 is 0 Å². The first kappa shape index (κ1) is 18.6. The maximum Gasteiger partial charge on any atom is 0.231 e. The van der Waals surface area contributed by atoms with Crippen LogP contribution in [0.5, 0.6) is 5.75 Å². The molecule has 0 unspecified atom stereocenters. The molecule has 8 heteroatoms. The molecule has 1 amide bonds. The van der Waals surface area contributed by atoms with Crippen molar-refractivity contribution in [2.24, 2.45) is 0 Å². The molecule has 4 rings (SSSR count). The van der Waals surface area contributed by atoms with Gasteiger partial charge in [0, 0.05) is 38.8 Å². The lowest BCUT2D eigenvalue weighted by atomic mass is 10.1. The van der Waals surface area contributed by atoms with Crippen LogP contribution in [0.1, 0.15) is 12.0 Å². The first-order valence-electron chi connectivity index (χ1n) is 9.30. The normalized spacial score (nSPS) is 14.5. The fourth-order valence-corrected chi connectivity index (χ4v) is 3.59. The first-order chi connectivity index (χ1) is 13.6. The van der Waals surface area contributed by atoms with E-state index in [1.807, 2.05) is 45.8 Å². The molecule has 0 atom stereocenters. The van der Waals surface area contributed by atoms with Crippen LogP contribution in [0, 0.1) is 0 Å². The number of anilines is 1. The number of ether oxygens (including phenoxy) is 1. The van der Waals surface area contributed by atoms with Crippen molar-refractivity contribution in [2.75, 3.05) is 38.2 Å². The number of aromatic nitrogens is 3. The van der Waals surface area contributed by atoms with Crippen LogP contribution >= 0.6 is 11.6 Å². The van der Waals surface area contributed by atoms with Crippen molar-refractivity contribution in [3.05, 3.63) is 53.2 Å². The molecule has 1 fully saturated rings. The molecule has 0 spiro atoms. The summed E-state index contributed by atoms with van der Waals surface area (Å²) in [5.74, 6) is 1.78. The van der Waals surface area contributed by atoms with E-state index in [0.717, 1.165) is 42.4 Å². The minimum Gasteiger partial charge on any atom is -0.497 e. The number of piperazine rings is 1. The van der Waals surface area contributed by atoms with Crippen LogP contribution in [0.25, 0.3) is 5.65 Å². The van der Waals surface area contributed by atoms with Crippen molar-refractivity contribution in [1.82, 2.24) is 19.5 Å². The quantitative estimate of drug-likeness (QED) is 0.660. The summed E-state index contributed by atoms with van der Waals surface area (Å²) in [7, 11) is 1.65. The van der Waals surface area contributed by atoms with E-state index < -0.39 is 0 Å². The van der Waals surface area contributed by atoms with Crippen LogP contribution in [0.15, 0.2) is 42.6 Å². The van der Waals surface area contributed by atoms with Gasteiger partial charge in [-0.3, -0.25) is 9.20 Å². The van der Waals surface area contributed by atoms with Gasteiger partial charge in [0.2, 0.25) is 11.9 Å². The van der Waals surface area contributed by atoms with Crippen molar-refractivity contribution in [1.29, 1.82) is 0 Å². The van der Waals surface area contributed by atoms with Gasteiger partial charge in [-0.05, 0) is 36.2 Å². The Hall–Kier alpha value is -2.80. The van der Waals surface area contributed by atoms with Gasteiger partial charge >= 0.3 is 0 Å². The van der Waals surface area contributed by atoms with Gasteiger partial charge in [0.1, 0.15) is 5.75 Å². The highest BCUT2D eigenvalue weighted by Gasteiger charge is 2.23. The van der Waals surface area contributed by atoms with E-state index in [1.54, 1.807) is 13.2 Å². The monoisotopic (exact) mass is 399 g/mol. The van der Waals surface area contributed by atoms with Crippen LogP contribution in [-0.2, 0) is 11.2 Å². The van der Waals surface area contributed by atoms with Crippen LogP contribution in [-0.4, -0.2) is 58.7 Å². The Kier molecular flexibility index (Phi) is 5.34. The molecule has 28 heavy (non-hydrogen) atoms. The third-order valence-electron chi connectivity index (χ3n) is 5.05. The summed E-state index contributed by atoms with van der Waals surface area (Å²) in [6, 6.07) is 11.5. The number of carbonyl (C=O) groups is 1. The van der Waals surface area contributed by atoms with E-state index in [2.05, 4.69) is 15.1 Å². The fraction of sp³-hybridized carbons (Fsp3) is 0.350. The van der Waals surface area contributed by atoms with E-state index in [9.17, 15) is 4.79 Å². The van der Waals surface area contributed by atoms with E-state index in [-0.39, 0.29) is 5.91 Å². The van der Waals surface area contributed by atoms with Gasteiger partial charge in [-0.2, -0.15) is 0 Å². The number of hydrogen-bond donors (Lipinski definition) is 0. The molecule has 1 aromatic carbocycles. The zero-order valence-electron chi connectivity index (χ0n) is 15.7. The van der Waals surface area contributed by atoms with Crippen LogP contribution in [0.3, 0.4) is 0 Å². The minimum absolute atomic E-state index is 0.185. The Morgan fingerprint density at radius 1 is 1.07 bits per heavy atom. The number of methoxy groups -OCH3 is 1. The van der Waals surface area contributed by atoms with Gasteiger partial charge in [0.15, 0.2) is 5.65 Å². The Bertz CT molecular complexity index is 964. The fourth-order valence-electron chi connectivity index (χ4n) is 3.43. The van der Waals surface area contributed by atoms with Crippen molar-refractivity contribution < 1.29 is 9.53 Å². The Morgan fingerprint density at radius 3 is 2.54 bits per heavy atom. The molecule has 3 aromatic rings. The average Bonchev–Trinajstić information content (AvgIpc) is 3.15. The molecule has 0 N–H and O–H groups in total. The number of halogens is 1. The van der Waals surface area contributed by atoms with Crippen molar-refractivity contribution in [3.8, 4) is 5.75 Å². The molecule has 146 valence electrons. The van der Waals surface area contributed by atoms with Crippen LogP contribution < -0.4 is 9.64 Å². The molecule has 1 aliphatic heterocycles. The number of hydrogen-bond acceptors (Lipinski definition) is 5. The molecule has 0 radical (unpaired) electrons. The number of benzene rings is 1. The van der Waals surface area contributed by atoms with E-state index in [4.69, 9.17) is 16.3 Å². The molecule has 1 saturated heterocycles. The van der Waals surface area contributed by atoms with Gasteiger partial charge in [-0.1, -0.05) is 23.7 Å². The topological polar surface area (TPSA) is 63.0 Å². The number of carbonyl (C=O) groups excluding carboxylic acids is 1. The Morgan fingerprint density at radius 2 is 1.82 bits per heavy atom. The number of aryl methyl sites for hydroxylation is 1. The summed E-state index contributed by atoms with van der Waals surface area (Å²) in [4.78, 5) is 16.6. The highest BCUT2D eigenvalue weighted by atomic mass is 35.5. The molecule has 0 aliphatic carbocycles. The molecular formula is C20H22ClN5O2. The number of rotatable bonds is 5. The second kappa shape index (κ2) is 8.06. The minimum atomic E-state index is 0.185. The zero-order chi connectivity index (χ0) is 19.5. The van der Waals surface area contributed by atoms with Crippen LogP contribution in [0.4, 0.5) is 5.95 Å². The number of nitrogens with zero attached hydrogens (tertiary/aromatic N) is 5. The van der Waals surface area contributed by atoms with Gasteiger partial charge in [0.25, 0.3) is 0 Å².